The van der Waals surface area contributed by atoms with Crippen molar-refractivity contribution in [2.24, 2.45) is 0 Å². The lowest BCUT2D eigenvalue weighted by atomic mass is 10.1. The minimum atomic E-state index is 0.306. The highest BCUT2D eigenvalue weighted by atomic mass is 79.9. The Balaban J connectivity index is 2.18. The molecule has 0 aliphatic heterocycles. The summed E-state index contributed by atoms with van der Waals surface area (Å²) in [6.45, 7) is 5.37. The Labute approximate surface area is 123 Å². The van der Waals surface area contributed by atoms with Crippen molar-refractivity contribution in [1.82, 2.24) is 5.32 Å². The van der Waals surface area contributed by atoms with E-state index in [4.69, 9.17) is 4.42 Å². The third-order valence-corrected chi connectivity index (χ3v) is 3.62. The number of rotatable bonds is 6. The number of halogens is 1. The summed E-state index contributed by atoms with van der Waals surface area (Å²) in [6.07, 6.45) is 2.17. The standard InChI is InChI=1S/C16H20BrNO/c1-3-10-18-14(4-2)16-9-8-15(19-16)12-6-5-7-13(17)11-12/h5-9,11,14,18H,3-4,10H2,1-2H3. The van der Waals surface area contributed by atoms with Crippen molar-refractivity contribution in [3.8, 4) is 11.3 Å². The molecule has 1 aromatic heterocycles. The molecular weight excluding hydrogens is 302 g/mol. The lowest BCUT2D eigenvalue weighted by Crippen LogP contribution is -2.20. The van der Waals surface area contributed by atoms with Crippen LogP contribution >= 0.6 is 15.9 Å². The van der Waals surface area contributed by atoms with Crippen LogP contribution < -0.4 is 5.32 Å². The molecule has 0 saturated heterocycles. The van der Waals surface area contributed by atoms with Gasteiger partial charge in [0.05, 0.1) is 6.04 Å². The van der Waals surface area contributed by atoms with E-state index in [9.17, 15) is 0 Å². The van der Waals surface area contributed by atoms with Crippen molar-refractivity contribution in [2.75, 3.05) is 6.54 Å². The molecule has 0 fully saturated rings. The number of hydrogen-bond donors (Lipinski definition) is 1. The van der Waals surface area contributed by atoms with Gasteiger partial charge in [0.1, 0.15) is 11.5 Å². The second-order valence-corrected chi connectivity index (χ2v) is 5.54. The Morgan fingerprint density at radius 2 is 2.05 bits per heavy atom. The molecule has 1 unspecified atom stereocenters. The first-order chi connectivity index (χ1) is 9.24. The third-order valence-electron chi connectivity index (χ3n) is 3.13. The van der Waals surface area contributed by atoms with Crippen molar-refractivity contribution >= 4 is 15.9 Å². The smallest absolute Gasteiger partial charge is 0.134 e. The second-order valence-electron chi connectivity index (χ2n) is 4.63. The van der Waals surface area contributed by atoms with E-state index in [0.29, 0.717) is 6.04 Å². The van der Waals surface area contributed by atoms with E-state index in [1.165, 1.54) is 0 Å². The molecule has 1 atom stereocenters. The molecule has 1 aromatic carbocycles. The maximum Gasteiger partial charge on any atom is 0.134 e. The monoisotopic (exact) mass is 321 g/mol. The molecule has 0 amide bonds. The van der Waals surface area contributed by atoms with Gasteiger partial charge in [-0.3, -0.25) is 0 Å². The molecule has 19 heavy (non-hydrogen) atoms. The highest BCUT2D eigenvalue weighted by molar-refractivity contribution is 9.10. The third kappa shape index (κ3) is 3.71. The highest BCUT2D eigenvalue weighted by Crippen LogP contribution is 2.28. The second kappa shape index (κ2) is 6.92. The van der Waals surface area contributed by atoms with Gasteiger partial charge >= 0.3 is 0 Å². The van der Waals surface area contributed by atoms with Gasteiger partial charge in [-0.25, -0.2) is 0 Å². The summed E-state index contributed by atoms with van der Waals surface area (Å²) in [4.78, 5) is 0. The maximum absolute atomic E-state index is 5.99. The van der Waals surface area contributed by atoms with Crippen LogP contribution in [0.2, 0.25) is 0 Å². The van der Waals surface area contributed by atoms with Crippen LogP contribution in [0.5, 0.6) is 0 Å². The van der Waals surface area contributed by atoms with Gasteiger partial charge in [-0.1, -0.05) is 41.9 Å². The summed E-state index contributed by atoms with van der Waals surface area (Å²) in [5.41, 5.74) is 1.10. The Kier molecular flexibility index (Phi) is 5.23. The fourth-order valence-electron chi connectivity index (χ4n) is 2.10. The van der Waals surface area contributed by atoms with Crippen LogP contribution in [-0.2, 0) is 0 Å². The molecule has 0 spiro atoms. The van der Waals surface area contributed by atoms with Gasteiger partial charge in [-0.05, 0) is 43.7 Å². The predicted octanol–water partition coefficient (Wildman–Crippen LogP) is 5.16. The summed E-state index contributed by atoms with van der Waals surface area (Å²) in [6, 6.07) is 12.6. The number of nitrogens with one attached hydrogen (secondary N) is 1. The van der Waals surface area contributed by atoms with Crippen LogP contribution in [0.1, 0.15) is 38.5 Å². The maximum atomic E-state index is 5.99. The van der Waals surface area contributed by atoms with E-state index in [1.807, 2.05) is 18.2 Å². The summed E-state index contributed by atoms with van der Waals surface area (Å²) >= 11 is 3.49. The fourth-order valence-corrected chi connectivity index (χ4v) is 2.50. The van der Waals surface area contributed by atoms with E-state index >= 15 is 0 Å². The largest absolute Gasteiger partial charge is 0.459 e. The van der Waals surface area contributed by atoms with Gasteiger partial charge in [0.25, 0.3) is 0 Å². The molecule has 0 bridgehead atoms. The molecule has 2 nitrogen and oxygen atoms in total. The van der Waals surface area contributed by atoms with E-state index in [0.717, 1.165) is 40.9 Å². The Morgan fingerprint density at radius 3 is 2.74 bits per heavy atom. The zero-order chi connectivity index (χ0) is 13.7. The Bertz CT molecular complexity index is 521. The first-order valence-corrected chi connectivity index (χ1v) is 7.63. The van der Waals surface area contributed by atoms with Crippen molar-refractivity contribution < 1.29 is 4.42 Å². The van der Waals surface area contributed by atoms with Crippen LogP contribution in [0, 0.1) is 0 Å². The van der Waals surface area contributed by atoms with Gasteiger partial charge in [0.15, 0.2) is 0 Å². The molecular formula is C16H20BrNO. The van der Waals surface area contributed by atoms with E-state index in [1.54, 1.807) is 0 Å². The molecule has 0 saturated carbocycles. The van der Waals surface area contributed by atoms with Crippen LogP contribution in [0.4, 0.5) is 0 Å². The normalized spacial score (nSPS) is 12.6. The van der Waals surface area contributed by atoms with Crippen LogP contribution in [0.3, 0.4) is 0 Å². The van der Waals surface area contributed by atoms with Gasteiger partial charge in [-0.15, -0.1) is 0 Å². The molecule has 0 aliphatic carbocycles. The molecule has 0 radical (unpaired) electrons. The highest BCUT2D eigenvalue weighted by Gasteiger charge is 2.13. The number of hydrogen-bond acceptors (Lipinski definition) is 2. The molecule has 2 aromatic rings. The number of benzene rings is 1. The van der Waals surface area contributed by atoms with E-state index in [-0.39, 0.29) is 0 Å². The van der Waals surface area contributed by atoms with Crippen LogP contribution in [-0.4, -0.2) is 6.54 Å². The average molecular weight is 322 g/mol. The van der Waals surface area contributed by atoms with E-state index < -0.39 is 0 Å². The van der Waals surface area contributed by atoms with Crippen molar-refractivity contribution in [2.45, 2.75) is 32.7 Å². The lowest BCUT2D eigenvalue weighted by molar-refractivity contribution is 0.411. The zero-order valence-corrected chi connectivity index (χ0v) is 13.0. The lowest BCUT2D eigenvalue weighted by Gasteiger charge is -2.13. The molecule has 3 heteroatoms. The minimum Gasteiger partial charge on any atom is -0.459 e. The first-order valence-electron chi connectivity index (χ1n) is 6.83. The van der Waals surface area contributed by atoms with Crippen molar-refractivity contribution in [1.29, 1.82) is 0 Å². The summed E-state index contributed by atoms with van der Waals surface area (Å²) < 4.78 is 7.06. The SMILES string of the molecule is CCCNC(CC)c1ccc(-c2cccc(Br)c2)o1. The van der Waals surface area contributed by atoms with E-state index in [2.05, 4.69) is 53.3 Å². The van der Waals surface area contributed by atoms with Gasteiger partial charge in [-0.2, -0.15) is 0 Å². The Morgan fingerprint density at radius 1 is 1.21 bits per heavy atom. The molecule has 2 rings (SSSR count). The van der Waals surface area contributed by atoms with Crippen molar-refractivity contribution in [3.05, 3.63) is 46.6 Å². The molecule has 1 heterocycles. The summed E-state index contributed by atoms with van der Waals surface area (Å²) in [7, 11) is 0. The van der Waals surface area contributed by atoms with Crippen molar-refractivity contribution in [3.63, 3.8) is 0 Å². The molecule has 1 N–H and O–H groups in total. The van der Waals surface area contributed by atoms with Gasteiger partial charge in [0.2, 0.25) is 0 Å². The predicted molar refractivity (Wildman–Crippen MR) is 83.2 cm³/mol. The summed E-state index contributed by atoms with van der Waals surface area (Å²) in [5.74, 6) is 1.94. The topological polar surface area (TPSA) is 25.2 Å². The quantitative estimate of drug-likeness (QED) is 0.795. The summed E-state index contributed by atoms with van der Waals surface area (Å²) in [5, 5.41) is 3.51. The molecule has 102 valence electrons. The van der Waals surface area contributed by atoms with Gasteiger partial charge < -0.3 is 9.73 Å². The fraction of sp³-hybridized carbons (Fsp3) is 0.375. The van der Waals surface area contributed by atoms with Gasteiger partial charge in [0, 0.05) is 10.0 Å². The van der Waals surface area contributed by atoms with Crippen LogP contribution in [0.15, 0.2) is 45.3 Å². The first kappa shape index (κ1) is 14.4. The average Bonchev–Trinajstić information content (AvgIpc) is 2.89. The Hall–Kier alpha value is -1.06. The minimum absolute atomic E-state index is 0.306. The zero-order valence-electron chi connectivity index (χ0n) is 11.4. The molecule has 0 aliphatic rings. The van der Waals surface area contributed by atoms with Crippen LogP contribution in [0.25, 0.3) is 11.3 Å². The number of furan rings is 1.